The maximum Gasteiger partial charge on any atom is 0.117 e. The van der Waals surface area contributed by atoms with Gasteiger partial charge in [-0.3, -0.25) is 5.32 Å². The first-order valence-electron chi connectivity index (χ1n) is 7.29. The van der Waals surface area contributed by atoms with E-state index >= 15 is 0 Å². The molecule has 0 aliphatic heterocycles. The summed E-state index contributed by atoms with van der Waals surface area (Å²) in [7, 11) is 0. The van der Waals surface area contributed by atoms with Gasteiger partial charge in [0.15, 0.2) is 0 Å². The van der Waals surface area contributed by atoms with Crippen LogP contribution in [0.5, 0.6) is 0 Å². The molecule has 0 saturated heterocycles. The SMILES string of the molecule is CCNC1(C#N)CCC(Sc2ncnc3ccccc23)C1. The van der Waals surface area contributed by atoms with E-state index in [0.717, 1.165) is 41.7 Å². The minimum Gasteiger partial charge on any atom is -0.300 e. The predicted molar refractivity (Wildman–Crippen MR) is 85.1 cm³/mol. The molecule has 2 atom stereocenters. The highest BCUT2D eigenvalue weighted by Crippen LogP contribution is 2.40. The van der Waals surface area contributed by atoms with E-state index in [0.29, 0.717) is 5.25 Å². The summed E-state index contributed by atoms with van der Waals surface area (Å²) in [6.07, 6.45) is 4.46. The predicted octanol–water partition coefficient (Wildman–Crippen LogP) is 3.15. The van der Waals surface area contributed by atoms with Crippen LogP contribution in [0.4, 0.5) is 0 Å². The summed E-state index contributed by atoms with van der Waals surface area (Å²) < 4.78 is 0. The molecule has 1 aliphatic rings. The van der Waals surface area contributed by atoms with Crippen molar-refractivity contribution >= 4 is 22.7 Å². The average Bonchev–Trinajstić information content (AvgIpc) is 2.92. The summed E-state index contributed by atoms with van der Waals surface area (Å²) in [4.78, 5) is 8.74. The van der Waals surface area contributed by atoms with E-state index < -0.39 is 0 Å². The van der Waals surface area contributed by atoms with Crippen LogP contribution in [0.1, 0.15) is 26.2 Å². The number of benzene rings is 1. The lowest BCUT2D eigenvalue weighted by Crippen LogP contribution is -2.41. The number of rotatable bonds is 4. The molecule has 4 nitrogen and oxygen atoms in total. The zero-order valence-corrected chi connectivity index (χ0v) is 12.9. The minimum atomic E-state index is -0.352. The summed E-state index contributed by atoms with van der Waals surface area (Å²) >= 11 is 1.78. The zero-order valence-electron chi connectivity index (χ0n) is 12.0. The summed E-state index contributed by atoms with van der Waals surface area (Å²) in [5.41, 5.74) is 0.626. The van der Waals surface area contributed by atoms with Crippen LogP contribution in [-0.2, 0) is 0 Å². The van der Waals surface area contributed by atoms with Gasteiger partial charge in [-0.2, -0.15) is 5.26 Å². The molecule has 0 amide bonds. The van der Waals surface area contributed by atoms with Crippen molar-refractivity contribution < 1.29 is 0 Å². The third-order valence-electron chi connectivity index (χ3n) is 3.98. The molecule has 0 bridgehead atoms. The first kappa shape index (κ1) is 14.3. The molecule has 0 spiro atoms. The largest absolute Gasteiger partial charge is 0.300 e. The Balaban J connectivity index is 1.80. The van der Waals surface area contributed by atoms with Gasteiger partial charge in [-0.05, 0) is 31.9 Å². The average molecular weight is 298 g/mol. The van der Waals surface area contributed by atoms with Crippen molar-refractivity contribution in [3.63, 3.8) is 0 Å². The van der Waals surface area contributed by atoms with Crippen LogP contribution in [-0.4, -0.2) is 27.3 Å². The van der Waals surface area contributed by atoms with E-state index in [1.54, 1.807) is 18.1 Å². The first-order chi connectivity index (χ1) is 10.3. The van der Waals surface area contributed by atoms with E-state index in [1.807, 2.05) is 18.2 Å². The number of nitriles is 1. The van der Waals surface area contributed by atoms with Gasteiger partial charge in [-0.1, -0.05) is 25.1 Å². The van der Waals surface area contributed by atoms with Crippen molar-refractivity contribution in [2.24, 2.45) is 0 Å². The second-order valence-corrected chi connectivity index (χ2v) is 6.69. The summed E-state index contributed by atoms with van der Waals surface area (Å²) in [5.74, 6) is 0. The van der Waals surface area contributed by atoms with Gasteiger partial charge in [-0.25, -0.2) is 9.97 Å². The van der Waals surface area contributed by atoms with Gasteiger partial charge in [0.1, 0.15) is 16.9 Å². The molecule has 1 aliphatic carbocycles. The third kappa shape index (κ3) is 2.87. The van der Waals surface area contributed by atoms with Crippen molar-refractivity contribution in [3.8, 4) is 6.07 Å². The molecule has 1 aromatic carbocycles. The van der Waals surface area contributed by atoms with E-state index in [-0.39, 0.29) is 5.54 Å². The second kappa shape index (κ2) is 6.00. The molecule has 1 saturated carbocycles. The van der Waals surface area contributed by atoms with E-state index in [1.165, 1.54) is 0 Å². The minimum absolute atomic E-state index is 0.352. The summed E-state index contributed by atoms with van der Waals surface area (Å²) in [6.45, 7) is 2.89. The van der Waals surface area contributed by atoms with Gasteiger partial charge in [0.05, 0.1) is 11.6 Å². The Labute approximate surface area is 129 Å². The molecule has 1 aromatic heterocycles. The van der Waals surface area contributed by atoms with Crippen LogP contribution in [0.15, 0.2) is 35.6 Å². The lowest BCUT2D eigenvalue weighted by molar-refractivity contribution is 0.436. The fourth-order valence-electron chi connectivity index (χ4n) is 2.97. The van der Waals surface area contributed by atoms with E-state index in [2.05, 4.69) is 34.3 Å². The van der Waals surface area contributed by atoms with Crippen LogP contribution in [0.2, 0.25) is 0 Å². The third-order valence-corrected chi connectivity index (χ3v) is 5.27. The zero-order chi connectivity index (χ0) is 14.7. The molecule has 0 radical (unpaired) electrons. The number of thioether (sulfide) groups is 1. The van der Waals surface area contributed by atoms with Crippen molar-refractivity contribution in [2.45, 2.75) is 42.0 Å². The monoisotopic (exact) mass is 298 g/mol. The molecule has 2 aromatic rings. The van der Waals surface area contributed by atoms with E-state index in [9.17, 15) is 5.26 Å². The van der Waals surface area contributed by atoms with Crippen LogP contribution >= 0.6 is 11.8 Å². The van der Waals surface area contributed by atoms with Crippen molar-refractivity contribution in [3.05, 3.63) is 30.6 Å². The second-order valence-electron chi connectivity index (χ2n) is 5.40. The number of nitrogens with zero attached hydrogens (tertiary/aromatic N) is 3. The lowest BCUT2D eigenvalue weighted by Gasteiger charge is -2.21. The Morgan fingerprint density at radius 3 is 3.10 bits per heavy atom. The molecule has 3 rings (SSSR count). The molecule has 2 unspecified atom stereocenters. The highest BCUT2D eigenvalue weighted by Gasteiger charge is 2.39. The van der Waals surface area contributed by atoms with Crippen molar-refractivity contribution in [1.29, 1.82) is 5.26 Å². The van der Waals surface area contributed by atoms with Gasteiger partial charge < -0.3 is 0 Å². The van der Waals surface area contributed by atoms with Gasteiger partial charge in [0.2, 0.25) is 0 Å². The standard InChI is InChI=1S/C16H18N4S/c1-2-20-16(10-17)8-7-12(9-16)21-15-13-5-3-4-6-14(13)18-11-19-15/h3-6,11-12,20H,2,7-9H2,1H3. The topological polar surface area (TPSA) is 61.6 Å². The normalized spacial score (nSPS) is 25.0. The van der Waals surface area contributed by atoms with Crippen LogP contribution in [0.25, 0.3) is 10.9 Å². The van der Waals surface area contributed by atoms with Gasteiger partial charge in [0, 0.05) is 10.6 Å². The lowest BCUT2D eigenvalue weighted by atomic mass is 10.0. The summed E-state index contributed by atoms with van der Waals surface area (Å²) in [6, 6.07) is 10.6. The number of hydrogen-bond acceptors (Lipinski definition) is 5. The highest BCUT2D eigenvalue weighted by molar-refractivity contribution is 8.00. The molecular formula is C16H18N4S. The molecule has 1 fully saturated rings. The number of aromatic nitrogens is 2. The Kier molecular flexibility index (Phi) is 4.09. The summed E-state index contributed by atoms with van der Waals surface area (Å²) in [5, 5.41) is 15.4. The van der Waals surface area contributed by atoms with E-state index in [4.69, 9.17) is 0 Å². The number of para-hydroxylation sites is 1. The Morgan fingerprint density at radius 1 is 1.43 bits per heavy atom. The van der Waals surface area contributed by atoms with Crippen molar-refractivity contribution in [2.75, 3.05) is 6.54 Å². The number of nitrogens with one attached hydrogen (secondary N) is 1. The van der Waals surface area contributed by atoms with Gasteiger partial charge >= 0.3 is 0 Å². The van der Waals surface area contributed by atoms with Crippen LogP contribution in [0, 0.1) is 11.3 Å². The fourth-order valence-corrected chi connectivity index (χ4v) is 4.30. The molecule has 5 heteroatoms. The Hall–Kier alpha value is -1.64. The van der Waals surface area contributed by atoms with Crippen LogP contribution < -0.4 is 5.32 Å². The van der Waals surface area contributed by atoms with Crippen LogP contribution in [0.3, 0.4) is 0 Å². The highest BCUT2D eigenvalue weighted by atomic mass is 32.2. The number of fused-ring (bicyclic) bond motifs is 1. The van der Waals surface area contributed by atoms with Gasteiger partial charge in [-0.15, -0.1) is 11.8 Å². The quantitative estimate of drug-likeness (QED) is 0.879. The Morgan fingerprint density at radius 2 is 2.29 bits per heavy atom. The Bertz CT molecular complexity index is 676. The molecular weight excluding hydrogens is 280 g/mol. The molecule has 21 heavy (non-hydrogen) atoms. The first-order valence-corrected chi connectivity index (χ1v) is 8.17. The molecule has 108 valence electrons. The molecule has 1 N–H and O–H groups in total. The van der Waals surface area contributed by atoms with Crippen molar-refractivity contribution in [1.82, 2.24) is 15.3 Å². The maximum atomic E-state index is 9.46. The maximum absolute atomic E-state index is 9.46. The number of hydrogen-bond donors (Lipinski definition) is 1. The van der Waals surface area contributed by atoms with Gasteiger partial charge in [0.25, 0.3) is 0 Å². The smallest absolute Gasteiger partial charge is 0.117 e. The molecule has 1 heterocycles. The fraction of sp³-hybridized carbons (Fsp3) is 0.438.